The molecule has 2 aliphatic heterocycles. The smallest absolute Gasteiger partial charge is 0.255 e. The van der Waals surface area contributed by atoms with Crippen molar-refractivity contribution in [1.82, 2.24) is 31.5 Å². The highest BCUT2D eigenvalue weighted by Gasteiger charge is 2.43. The van der Waals surface area contributed by atoms with Gasteiger partial charge in [0.15, 0.2) is 0 Å². The number of amides is 5. The summed E-state index contributed by atoms with van der Waals surface area (Å²) < 4.78 is 11.3. The monoisotopic (exact) mass is 690 g/mol. The molecule has 5 rings (SSSR count). The van der Waals surface area contributed by atoms with Crippen LogP contribution in [0.4, 0.5) is 0 Å². The van der Waals surface area contributed by atoms with Crippen molar-refractivity contribution in [1.29, 1.82) is 0 Å². The van der Waals surface area contributed by atoms with Crippen LogP contribution in [0.15, 0.2) is 48.5 Å². The molecule has 5 amide bonds. The number of carbonyl (C=O) groups excluding carboxylic acids is 5. The fourth-order valence-corrected chi connectivity index (χ4v) is 6.72. The molecule has 5 N–H and O–H groups in total. The summed E-state index contributed by atoms with van der Waals surface area (Å²) in [6.45, 7) is 7.95. The molecule has 1 saturated carbocycles. The van der Waals surface area contributed by atoms with Gasteiger partial charge in [-0.05, 0) is 42.0 Å². The van der Waals surface area contributed by atoms with Gasteiger partial charge < -0.3 is 36.1 Å². The minimum absolute atomic E-state index is 0.0628. The van der Waals surface area contributed by atoms with E-state index in [0.717, 1.165) is 37.2 Å². The first-order chi connectivity index (χ1) is 24.1. The third-order valence-electron chi connectivity index (χ3n) is 9.53. The number of morpholine rings is 1. The van der Waals surface area contributed by atoms with Crippen LogP contribution < -0.4 is 31.3 Å². The lowest BCUT2D eigenvalue weighted by Gasteiger charge is -2.38. The summed E-state index contributed by atoms with van der Waals surface area (Å²) in [5.74, 6) is -2.47. The van der Waals surface area contributed by atoms with E-state index in [1.165, 1.54) is 0 Å². The van der Waals surface area contributed by atoms with E-state index in [-0.39, 0.29) is 42.8 Å². The van der Waals surface area contributed by atoms with Crippen LogP contribution in [-0.4, -0.2) is 91.5 Å². The Morgan fingerprint density at radius 3 is 2.44 bits per heavy atom. The number of ether oxygens (including phenoxy) is 2. The van der Waals surface area contributed by atoms with Crippen molar-refractivity contribution in [2.45, 2.75) is 83.1 Å². The van der Waals surface area contributed by atoms with Gasteiger partial charge >= 0.3 is 0 Å². The molecule has 1 aliphatic carbocycles. The van der Waals surface area contributed by atoms with Crippen molar-refractivity contribution >= 4 is 29.5 Å². The molecule has 3 aliphatic rings. The van der Waals surface area contributed by atoms with Crippen LogP contribution in [0.25, 0.3) is 0 Å². The quantitative estimate of drug-likeness (QED) is 0.306. The van der Waals surface area contributed by atoms with E-state index in [1.54, 1.807) is 24.3 Å². The molecule has 0 radical (unpaired) electrons. The average molecular weight is 691 g/mol. The Hall–Kier alpha value is -4.49. The zero-order valence-electron chi connectivity index (χ0n) is 29.1. The van der Waals surface area contributed by atoms with Gasteiger partial charge in [0.1, 0.15) is 30.0 Å². The normalized spacial score (nSPS) is 22.6. The second kappa shape index (κ2) is 17.4. The fourth-order valence-electron chi connectivity index (χ4n) is 6.72. The van der Waals surface area contributed by atoms with E-state index in [2.05, 4.69) is 31.5 Å². The number of nitrogens with zero attached hydrogens (tertiary/aromatic N) is 1. The summed E-state index contributed by atoms with van der Waals surface area (Å²) in [5, 5.41) is 14.3. The number of hydrogen-bond acceptors (Lipinski definition) is 8. The van der Waals surface area contributed by atoms with Crippen LogP contribution in [0.5, 0.6) is 5.75 Å². The maximum Gasteiger partial charge on any atom is 0.255 e. The Kier molecular flexibility index (Phi) is 12.8. The van der Waals surface area contributed by atoms with Crippen LogP contribution >= 0.6 is 0 Å². The predicted octanol–water partition coefficient (Wildman–Crippen LogP) is 1.79. The van der Waals surface area contributed by atoms with E-state index in [0.29, 0.717) is 38.9 Å². The standard InChI is InChI=1S/C37H50N6O7/c1-25(2)32-35(47)38-15-18-50-30-12-5-4-11-28(30)33(45)40-29(22-31(44)42-37(36(48)41-32)13-6-3-7-14-37)34(46)39-23-26-9-8-10-27(21-26)24-43-16-19-49-20-17-43/h4-5,8-12,21,25,29,32H,3,6-7,13-20,22-24H2,1-2H3,(H,38,47)(H,39,46)(H,40,45)(H,41,48)(H,42,44)/t29-,32+/m0/s1. The summed E-state index contributed by atoms with van der Waals surface area (Å²) in [6, 6.07) is 12.4. The van der Waals surface area contributed by atoms with Gasteiger partial charge in [0, 0.05) is 26.2 Å². The van der Waals surface area contributed by atoms with Crippen molar-refractivity contribution in [3.05, 3.63) is 65.2 Å². The van der Waals surface area contributed by atoms with Gasteiger partial charge in [-0.25, -0.2) is 0 Å². The number of fused-ring (bicyclic) bond motifs is 1. The van der Waals surface area contributed by atoms with Gasteiger partial charge in [-0.1, -0.05) is 69.5 Å². The Morgan fingerprint density at radius 2 is 1.68 bits per heavy atom. The number of para-hydroxylation sites is 1. The van der Waals surface area contributed by atoms with Crippen molar-refractivity contribution in [3.63, 3.8) is 0 Å². The highest BCUT2D eigenvalue weighted by Crippen LogP contribution is 2.29. The molecule has 0 unspecified atom stereocenters. The SMILES string of the molecule is CC(C)[C@H]1NC(=O)C2(CCCCC2)NC(=O)C[C@@H](C(=O)NCc2cccc(CN3CCOCC3)c2)NC(=O)c2ccccc2OCCNC1=O. The van der Waals surface area contributed by atoms with E-state index in [1.807, 2.05) is 38.1 Å². The van der Waals surface area contributed by atoms with Crippen LogP contribution in [0.2, 0.25) is 0 Å². The molecule has 2 aromatic carbocycles. The minimum Gasteiger partial charge on any atom is -0.491 e. The third-order valence-corrected chi connectivity index (χ3v) is 9.53. The highest BCUT2D eigenvalue weighted by molar-refractivity contribution is 6.01. The molecule has 0 bridgehead atoms. The molecule has 2 atom stereocenters. The first-order valence-electron chi connectivity index (χ1n) is 17.7. The Balaban J connectivity index is 1.37. The third kappa shape index (κ3) is 9.81. The van der Waals surface area contributed by atoms with Crippen LogP contribution in [-0.2, 0) is 37.0 Å². The number of hydrogen-bond donors (Lipinski definition) is 5. The molecule has 270 valence electrons. The summed E-state index contributed by atoms with van der Waals surface area (Å²) >= 11 is 0. The van der Waals surface area contributed by atoms with Crippen molar-refractivity contribution in [2.75, 3.05) is 39.5 Å². The topological polar surface area (TPSA) is 167 Å². The Bertz CT molecular complexity index is 1520. The molecule has 0 aromatic heterocycles. The second-order valence-electron chi connectivity index (χ2n) is 13.7. The first kappa shape index (κ1) is 36.8. The van der Waals surface area contributed by atoms with Gasteiger partial charge in [0.05, 0.1) is 31.7 Å². The second-order valence-corrected chi connectivity index (χ2v) is 13.7. The molecule has 13 heteroatoms. The molecule has 50 heavy (non-hydrogen) atoms. The molecule has 1 spiro atoms. The summed E-state index contributed by atoms with van der Waals surface area (Å²) in [7, 11) is 0. The van der Waals surface area contributed by atoms with E-state index in [4.69, 9.17) is 9.47 Å². The molecule has 1 saturated heterocycles. The van der Waals surface area contributed by atoms with Gasteiger partial charge in [0.25, 0.3) is 5.91 Å². The lowest BCUT2D eigenvalue weighted by molar-refractivity contribution is -0.138. The maximum atomic E-state index is 13.9. The van der Waals surface area contributed by atoms with Crippen LogP contribution in [0, 0.1) is 5.92 Å². The molecule has 13 nitrogen and oxygen atoms in total. The highest BCUT2D eigenvalue weighted by atomic mass is 16.5. The van der Waals surface area contributed by atoms with Crippen LogP contribution in [0.3, 0.4) is 0 Å². The van der Waals surface area contributed by atoms with E-state index < -0.39 is 47.7 Å². The fraction of sp³-hybridized carbons (Fsp3) is 0.541. The number of benzene rings is 2. The summed E-state index contributed by atoms with van der Waals surface area (Å²) in [6.07, 6.45) is 2.72. The largest absolute Gasteiger partial charge is 0.491 e. The van der Waals surface area contributed by atoms with Gasteiger partial charge in [-0.3, -0.25) is 28.9 Å². The number of carbonyl (C=O) groups is 5. The lowest BCUT2D eigenvalue weighted by Crippen LogP contribution is -2.64. The predicted molar refractivity (Wildman–Crippen MR) is 186 cm³/mol. The zero-order valence-corrected chi connectivity index (χ0v) is 29.1. The molecule has 2 heterocycles. The van der Waals surface area contributed by atoms with Gasteiger partial charge in [-0.2, -0.15) is 0 Å². The Labute approximate surface area is 293 Å². The van der Waals surface area contributed by atoms with Crippen molar-refractivity contribution < 1.29 is 33.4 Å². The lowest BCUT2D eigenvalue weighted by atomic mass is 9.80. The Morgan fingerprint density at radius 1 is 0.940 bits per heavy atom. The number of nitrogens with one attached hydrogen (secondary N) is 5. The minimum atomic E-state index is -1.25. The van der Waals surface area contributed by atoms with Gasteiger partial charge in [-0.15, -0.1) is 0 Å². The van der Waals surface area contributed by atoms with Crippen LogP contribution in [0.1, 0.15) is 73.9 Å². The number of rotatable bonds is 6. The summed E-state index contributed by atoms with van der Waals surface area (Å²) in [4.78, 5) is 70.6. The summed E-state index contributed by atoms with van der Waals surface area (Å²) in [5.41, 5.74) is 0.913. The average Bonchev–Trinajstić information content (AvgIpc) is 3.11. The molecule has 2 fully saturated rings. The zero-order chi connectivity index (χ0) is 35.5. The maximum absolute atomic E-state index is 13.9. The van der Waals surface area contributed by atoms with Gasteiger partial charge in [0.2, 0.25) is 23.6 Å². The van der Waals surface area contributed by atoms with E-state index >= 15 is 0 Å². The molecular weight excluding hydrogens is 640 g/mol. The molecule has 2 aromatic rings. The van der Waals surface area contributed by atoms with E-state index in [9.17, 15) is 24.0 Å². The van der Waals surface area contributed by atoms with Crippen molar-refractivity contribution in [2.24, 2.45) is 5.92 Å². The first-order valence-corrected chi connectivity index (χ1v) is 17.7. The molecular formula is C37H50N6O7. The van der Waals surface area contributed by atoms with Crippen molar-refractivity contribution in [3.8, 4) is 5.75 Å².